The number of para-hydroxylation sites is 1. The van der Waals surface area contributed by atoms with Crippen LogP contribution in [0.25, 0.3) is 0 Å². The van der Waals surface area contributed by atoms with Crippen LogP contribution < -0.4 is 10.5 Å². The van der Waals surface area contributed by atoms with Crippen molar-refractivity contribution < 1.29 is 9.84 Å². The zero-order valence-electron chi connectivity index (χ0n) is 10.4. The van der Waals surface area contributed by atoms with Crippen molar-refractivity contribution in [1.29, 1.82) is 0 Å². The number of benzene rings is 1. The Kier molecular flexibility index (Phi) is 3.89. The molecule has 2 unspecified atom stereocenters. The van der Waals surface area contributed by atoms with E-state index in [-0.39, 0.29) is 17.7 Å². The highest BCUT2D eigenvalue weighted by atomic mass is 16.5. The molecule has 0 saturated heterocycles. The maximum Gasteiger partial charge on any atom is 0.161 e. The van der Waals surface area contributed by atoms with Crippen LogP contribution in [-0.4, -0.2) is 17.8 Å². The van der Waals surface area contributed by atoms with Crippen LogP contribution in [0.4, 0.5) is 0 Å². The highest BCUT2D eigenvalue weighted by Crippen LogP contribution is 2.40. The second-order valence-corrected chi connectivity index (χ2v) is 4.68. The molecular weight excluding hydrogens is 214 g/mol. The Bertz CT molecular complexity index is 378. The van der Waals surface area contributed by atoms with E-state index in [0.717, 1.165) is 18.4 Å². The van der Waals surface area contributed by atoms with Gasteiger partial charge >= 0.3 is 0 Å². The molecule has 0 bridgehead atoms. The van der Waals surface area contributed by atoms with Crippen molar-refractivity contribution in [1.82, 2.24) is 0 Å². The molecule has 1 aliphatic rings. The fourth-order valence-corrected chi connectivity index (χ4v) is 2.66. The molecule has 3 N–H and O–H groups in total. The Labute approximate surface area is 103 Å². The summed E-state index contributed by atoms with van der Waals surface area (Å²) in [5, 5.41) is 10.2. The van der Waals surface area contributed by atoms with Crippen molar-refractivity contribution in [3.8, 4) is 11.5 Å². The summed E-state index contributed by atoms with van der Waals surface area (Å²) in [5.41, 5.74) is 7.10. The van der Waals surface area contributed by atoms with E-state index in [1.807, 2.05) is 19.1 Å². The van der Waals surface area contributed by atoms with Crippen LogP contribution in [-0.2, 0) is 0 Å². The number of hydrogen-bond acceptors (Lipinski definition) is 3. The van der Waals surface area contributed by atoms with Gasteiger partial charge in [-0.05, 0) is 25.8 Å². The molecule has 1 aromatic carbocycles. The topological polar surface area (TPSA) is 55.5 Å². The fraction of sp³-hybridized carbons (Fsp3) is 0.571. The Hall–Kier alpha value is -1.22. The van der Waals surface area contributed by atoms with Gasteiger partial charge in [-0.1, -0.05) is 25.0 Å². The molecule has 0 radical (unpaired) electrons. The molecule has 0 aliphatic heterocycles. The standard InChI is InChI=1S/C14H21NO2/c1-2-17-13-9-5-7-11(14(13)16)10-6-3-4-8-12(10)15/h5,7,9-10,12,16H,2-4,6,8,15H2,1H3. The monoisotopic (exact) mass is 235 g/mol. The maximum absolute atomic E-state index is 10.2. The van der Waals surface area contributed by atoms with E-state index in [1.54, 1.807) is 6.07 Å². The predicted molar refractivity (Wildman–Crippen MR) is 68.5 cm³/mol. The lowest BCUT2D eigenvalue weighted by molar-refractivity contribution is 0.310. The van der Waals surface area contributed by atoms with Gasteiger partial charge in [0.1, 0.15) is 0 Å². The Morgan fingerprint density at radius 2 is 2.12 bits per heavy atom. The molecule has 3 nitrogen and oxygen atoms in total. The zero-order valence-corrected chi connectivity index (χ0v) is 10.4. The average Bonchev–Trinajstić information content (AvgIpc) is 2.33. The van der Waals surface area contributed by atoms with E-state index in [2.05, 4.69) is 0 Å². The minimum absolute atomic E-state index is 0.159. The summed E-state index contributed by atoms with van der Waals surface area (Å²) in [7, 11) is 0. The van der Waals surface area contributed by atoms with E-state index in [4.69, 9.17) is 10.5 Å². The smallest absolute Gasteiger partial charge is 0.161 e. The van der Waals surface area contributed by atoms with Gasteiger partial charge in [0.05, 0.1) is 6.61 Å². The molecule has 0 amide bonds. The molecule has 0 spiro atoms. The van der Waals surface area contributed by atoms with E-state index in [1.165, 1.54) is 12.8 Å². The normalized spacial score (nSPS) is 24.6. The van der Waals surface area contributed by atoms with Crippen LogP contribution in [0.5, 0.6) is 11.5 Å². The minimum Gasteiger partial charge on any atom is -0.504 e. The van der Waals surface area contributed by atoms with Gasteiger partial charge in [-0.25, -0.2) is 0 Å². The molecule has 0 aromatic heterocycles. The van der Waals surface area contributed by atoms with Crippen LogP contribution in [0, 0.1) is 0 Å². The lowest BCUT2D eigenvalue weighted by Gasteiger charge is -2.29. The van der Waals surface area contributed by atoms with Crippen LogP contribution in [0.3, 0.4) is 0 Å². The van der Waals surface area contributed by atoms with Gasteiger partial charge in [-0.15, -0.1) is 0 Å². The SMILES string of the molecule is CCOc1cccc(C2CCCCC2N)c1O. The first-order chi connectivity index (χ1) is 8.24. The number of rotatable bonds is 3. The Balaban J connectivity index is 2.27. The summed E-state index contributed by atoms with van der Waals surface area (Å²) < 4.78 is 5.41. The third kappa shape index (κ3) is 2.55. The maximum atomic E-state index is 10.2. The predicted octanol–water partition coefficient (Wildman–Crippen LogP) is 2.78. The van der Waals surface area contributed by atoms with E-state index in [0.29, 0.717) is 12.4 Å². The van der Waals surface area contributed by atoms with Gasteiger partial charge in [0.15, 0.2) is 11.5 Å². The Morgan fingerprint density at radius 1 is 1.35 bits per heavy atom. The molecule has 2 rings (SSSR count). The molecule has 3 heteroatoms. The molecule has 17 heavy (non-hydrogen) atoms. The number of phenols is 1. The van der Waals surface area contributed by atoms with Gasteiger partial charge in [-0.3, -0.25) is 0 Å². The molecular formula is C14H21NO2. The summed E-state index contributed by atoms with van der Waals surface area (Å²) in [4.78, 5) is 0. The molecule has 1 aromatic rings. The number of phenolic OH excluding ortho intramolecular Hbond substituents is 1. The van der Waals surface area contributed by atoms with Crippen LogP contribution >= 0.6 is 0 Å². The first kappa shape index (κ1) is 12.2. The second kappa shape index (κ2) is 5.41. The zero-order chi connectivity index (χ0) is 12.3. The summed E-state index contributed by atoms with van der Waals surface area (Å²) in [6.45, 7) is 2.48. The third-order valence-electron chi connectivity index (χ3n) is 3.55. The summed E-state index contributed by atoms with van der Waals surface area (Å²) in [6.07, 6.45) is 4.49. The van der Waals surface area contributed by atoms with Gasteiger partial charge in [-0.2, -0.15) is 0 Å². The molecule has 94 valence electrons. The van der Waals surface area contributed by atoms with Crippen molar-refractivity contribution >= 4 is 0 Å². The van der Waals surface area contributed by atoms with Crippen LogP contribution in [0.15, 0.2) is 18.2 Å². The number of ether oxygens (including phenoxy) is 1. The van der Waals surface area contributed by atoms with E-state index >= 15 is 0 Å². The lowest BCUT2D eigenvalue weighted by atomic mass is 9.80. The summed E-state index contributed by atoms with van der Waals surface area (Å²) >= 11 is 0. The molecule has 2 atom stereocenters. The van der Waals surface area contributed by atoms with Crippen molar-refractivity contribution in [3.05, 3.63) is 23.8 Å². The summed E-state index contributed by atoms with van der Waals surface area (Å²) in [5.74, 6) is 1.11. The van der Waals surface area contributed by atoms with Crippen molar-refractivity contribution in [2.75, 3.05) is 6.61 Å². The van der Waals surface area contributed by atoms with Crippen molar-refractivity contribution in [2.24, 2.45) is 5.73 Å². The van der Waals surface area contributed by atoms with E-state index in [9.17, 15) is 5.11 Å². The number of hydrogen-bond donors (Lipinski definition) is 2. The molecule has 0 heterocycles. The average molecular weight is 235 g/mol. The quantitative estimate of drug-likeness (QED) is 0.847. The molecule has 1 aliphatic carbocycles. The second-order valence-electron chi connectivity index (χ2n) is 4.68. The number of aromatic hydroxyl groups is 1. The largest absolute Gasteiger partial charge is 0.504 e. The van der Waals surface area contributed by atoms with Gasteiger partial charge in [0.2, 0.25) is 0 Å². The summed E-state index contributed by atoms with van der Waals surface area (Å²) in [6, 6.07) is 5.86. The highest BCUT2D eigenvalue weighted by molar-refractivity contribution is 5.47. The van der Waals surface area contributed by atoms with Crippen LogP contribution in [0.1, 0.15) is 44.1 Å². The highest BCUT2D eigenvalue weighted by Gasteiger charge is 2.26. The van der Waals surface area contributed by atoms with Crippen molar-refractivity contribution in [3.63, 3.8) is 0 Å². The van der Waals surface area contributed by atoms with Gasteiger partial charge in [0.25, 0.3) is 0 Å². The molecule has 1 fully saturated rings. The van der Waals surface area contributed by atoms with Gasteiger partial charge < -0.3 is 15.6 Å². The first-order valence-electron chi connectivity index (χ1n) is 6.44. The van der Waals surface area contributed by atoms with Gasteiger partial charge in [0, 0.05) is 17.5 Å². The molecule has 1 saturated carbocycles. The van der Waals surface area contributed by atoms with Crippen molar-refractivity contribution in [2.45, 2.75) is 44.6 Å². The first-order valence-corrected chi connectivity index (χ1v) is 6.44. The lowest BCUT2D eigenvalue weighted by Crippen LogP contribution is -2.31. The third-order valence-corrected chi connectivity index (χ3v) is 3.55. The van der Waals surface area contributed by atoms with Crippen LogP contribution in [0.2, 0.25) is 0 Å². The number of nitrogens with two attached hydrogens (primary N) is 1. The fourth-order valence-electron chi connectivity index (χ4n) is 2.66. The Morgan fingerprint density at radius 3 is 2.82 bits per heavy atom. The minimum atomic E-state index is 0.159. The van der Waals surface area contributed by atoms with E-state index < -0.39 is 0 Å².